The lowest BCUT2D eigenvalue weighted by atomic mass is 9.91. The van der Waals surface area contributed by atoms with Gasteiger partial charge in [-0.1, -0.05) is 48.5 Å². The normalized spacial score (nSPS) is 11.7. The molecule has 0 spiro atoms. The van der Waals surface area contributed by atoms with Gasteiger partial charge in [0.25, 0.3) is 0 Å². The molecule has 0 heterocycles. The fourth-order valence-corrected chi connectivity index (χ4v) is 2.32. The number of ether oxygens (including phenoxy) is 3. The number of benzene rings is 2. The Morgan fingerprint density at radius 1 is 1.00 bits per heavy atom. The summed E-state index contributed by atoms with van der Waals surface area (Å²) >= 11 is 0. The van der Waals surface area contributed by atoms with E-state index in [9.17, 15) is 4.79 Å². The topological polar surface area (TPSA) is 44.8 Å². The first-order chi connectivity index (χ1) is 10.8. The van der Waals surface area contributed by atoms with Gasteiger partial charge >= 0.3 is 5.97 Å². The van der Waals surface area contributed by atoms with Crippen LogP contribution in [0.2, 0.25) is 0 Å². The second-order valence-electron chi connectivity index (χ2n) is 4.85. The zero-order valence-corrected chi connectivity index (χ0v) is 12.8. The molecule has 0 aromatic heterocycles. The third-order valence-corrected chi connectivity index (χ3v) is 3.42. The maximum atomic E-state index is 12.2. The molecule has 2 aromatic rings. The molecule has 0 fully saturated rings. The molecule has 0 N–H and O–H groups in total. The van der Waals surface area contributed by atoms with Crippen molar-refractivity contribution >= 4 is 5.97 Å². The van der Waals surface area contributed by atoms with Crippen molar-refractivity contribution in [1.82, 2.24) is 0 Å². The average molecular weight is 300 g/mol. The molecule has 0 amide bonds. The third kappa shape index (κ3) is 4.09. The summed E-state index contributed by atoms with van der Waals surface area (Å²) in [5, 5.41) is 0. The molecule has 0 saturated carbocycles. The Balaban J connectivity index is 2.26. The van der Waals surface area contributed by atoms with Gasteiger partial charge in [0.05, 0.1) is 13.0 Å². The first kappa shape index (κ1) is 16.0. The van der Waals surface area contributed by atoms with E-state index in [0.29, 0.717) is 12.2 Å². The number of carbonyl (C=O) groups excluding carboxylic acids is 1. The van der Waals surface area contributed by atoms with Crippen molar-refractivity contribution in [2.24, 2.45) is 0 Å². The standard InChI is InChI=1S/C18H20O4/c1-20-13-22-17-11-7-6-10-15(17)12-16(18(19)21-2)14-8-4-3-5-9-14/h3-11,16H,12-13H2,1-2H3. The molecule has 2 aromatic carbocycles. The molecular weight excluding hydrogens is 280 g/mol. The Morgan fingerprint density at radius 3 is 2.36 bits per heavy atom. The van der Waals surface area contributed by atoms with E-state index in [2.05, 4.69) is 0 Å². The summed E-state index contributed by atoms with van der Waals surface area (Å²) in [6, 6.07) is 17.3. The number of hydrogen-bond acceptors (Lipinski definition) is 4. The van der Waals surface area contributed by atoms with Gasteiger partial charge in [-0.05, 0) is 23.6 Å². The van der Waals surface area contributed by atoms with Crippen molar-refractivity contribution in [1.29, 1.82) is 0 Å². The monoisotopic (exact) mass is 300 g/mol. The summed E-state index contributed by atoms with van der Waals surface area (Å²) < 4.78 is 15.5. The van der Waals surface area contributed by atoms with E-state index < -0.39 is 0 Å². The zero-order valence-electron chi connectivity index (χ0n) is 12.8. The Labute approximate surface area is 130 Å². The molecule has 1 unspecified atom stereocenters. The van der Waals surface area contributed by atoms with Crippen LogP contribution in [0.25, 0.3) is 0 Å². The Hall–Kier alpha value is -2.33. The average Bonchev–Trinajstić information content (AvgIpc) is 2.58. The summed E-state index contributed by atoms with van der Waals surface area (Å²) in [7, 11) is 2.98. The fourth-order valence-electron chi connectivity index (χ4n) is 2.32. The molecule has 4 nitrogen and oxygen atoms in total. The van der Waals surface area contributed by atoms with Crippen molar-refractivity contribution in [3.05, 3.63) is 65.7 Å². The fraction of sp³-hybridized carbons (Fsp3) is 0.278. The van der Waals surface area contributed by atoms with Crippen LogP contribution in [0, 0.1) is 0 Å². The quantitative estimate of drug-likeness (QED) is 0.582. The van der Waals surface area contributed by atoms with Crippen molar-refractivity contribution in [3.8, 4) is 5.75 Å². The minimum atomic E-state index is -0.363. The summed E-state index contributed by atoms with van der Waals surface area (Å²) in [4.78, 5) is 12.2. The van der Waals surface area contributed by atoms with Gasteiger partial charge in [0.15, 0.2) is 6.79 Å². The van der Waals surface area contributed by atoms with Crippen molar-refractivity contribution in [2.75, 3.05) is 21.0 Å². The van der Waals surface area contributed by atoms with Crippen molar-refractivity contribution < 1.29 is 19.0 Å². The van der Waals surface area contributed by atoms with E-state index in [0.717, 1.165) is 11.1 Å². The molecule has 4 heteroatoms. The van der Waals surface area contributed by atoms with E-state index in [1.54, 1.807) is 7.11 Å². The summed E-state index contributed by atoms with van der Waals surface area (Å²) in [5.74, 6) is 0.0976. The number of para-hydroxylation sites is 1. The van der Waals surface area contributed by atoms with Crippen LogP contribution in [0.1, 0.15) is 17.0 Å². The van der Waals surface area contributed by atoms with Crippen LogP contribution in [0.5, 0.6) is 5.75 Å². The molecule has 0 bridgehead atoms. The lowest BCUT2D eigenvalue weighted by Crippen LogP contribution is -2.17. The zero-order chi connectivity index (χ0) is 15.8. The number of rotatable bonds is 7. The number of hydrogen-bond donors (Lipinski definition) is 0. The SMILES string of the molecule is COCOc1ccccc1CC(C(=O)OC)c1ccccc1. The number of methoxy groups -OCH3 is 2. The highest BCUT2D eigenvalue weighted by molar-refractivity contribution is 5.78. The molecule has 1 atom stereocenters. The minimum Gasteiger partial charge on any atom is -0.469 e. The molecule has 0 aliphatic rings. The lowest BCUT2D eigenvalue weighted by molar-refractivity contribution is -0.142. The maximum absolute atomic E-state index is 12.2. The summed E-state index contributed by atoms with van der Waals surface area (Å²) in [5.41, 5.74) is 1.87. The third-order valence-electron chi connectivity index (χ3n) is 3.42. The van der Waals surface area contributed by atoms with E-state index in [1.165, 1.54) is 7.11 Å². The predicted molar refractivity (Wildman–Crippen MR) is 83.8 cm³/mol. The van der Waals surface area contributed by atoms with Gasteiger partial charge in [0.1, 0.15) is 5.75 Å². The minimum absolute atomic E-state index is 0.172. The first-order valence-corrected chi connectivity index (χ1v) is 7.08. The van der Waals surface area contributed by atoms with Gasteiger partial charge in [0.2, 0.25) is 0 Å². The van der Waals surface area contributed by atoms with Crippen molar-refractivity contribution in [2.45, 2.75) is 12.3 Å². The Morgan fingerprint density at radius 2 is 1.68 bits per heavy atom. The van der Waals surface area contributed by atoms with Gasteiger partial charge in [-0.15, -0.1) is 0 Å². The van der Waals surface area contributed by atoms with Crippen LogP contribution in [0.4, 0.5) is 0 Å². The van der Waals surface area contributed by atoms with Gasteiger partial charge in [-0.25, -0.2) is 0 Å². The summed E-state index contributed by atoms with van der Waals surface area (Å²) in [6.07, 6.45) is 0.510. The largest absolute Gasteiger partial charge is 0.469 e. The smallest absolute Gasteiger partial charge is 0.313 e. The van der Waals surface area contributed by atoms with E-state index >= 15 is 0 Å². The van der Waals surface area contributed by atoms with E-state index in [-0.39, 0.29) is 18.7 Å². The van der Waals surface area contributed by atoms with Gasteiger partial charge in [0, 0.05) is 7.11 Å². The van der Waals surface area contributed by atoms with Crippen LogP contribution in [0.3, 0.4) is 0 Å². The highest BCUT2D eigenvalue weighted by Crippen LogP contribution is 2.27. The molecule has 0 saturated heterocycles. The van der Waals surface area contributed by atoms with Crippen LogP contribution in [-0.2, 0) is 20.7 Å². The predicted octanol–water partition coefficient (Wildman–Crippen LogP) is 3.17. The van der Waals surface area contributed by atoms with Gasteiger partial charge in [-0.3, -0.25) is 4.79 Å². The molecule has 2 rings (SSSR count). The van der Waals surface area contributed by atoms with E-state index in [1.807, 2.05) is 54.6 Å². The van der Waals surface area contributed by atoms with Crippen molar-refractivity contribution in [3.63, 3.8) is 0 Å². The lowest BCUT2D eigenvalue weighted by Gasteiger charge is -2.17. The Kier molecular flexibility index (Phi) is 5.98. The van der Waals surface area contributed by atoms with Crippen LogP contribution >= 0.6 is 0 Å². The molecule has 116 valence electrons. The van der Waals surface area contributed by atoms with Crippen LogP contribution < -0.4 is 4.74 Å². The van der Waals surface area contributed by atoms with Crippen LogP contribution in [-0.4, -0.2) is 27.0 Å². The van der Waals surface area contributed by atoms with Gasteiger partial charge < -0.3 is 14.2 Å². The first-order valence-electron chi connectivity index (χ1n) is 7.08. The van der Waals surface area contributed by atoms with E-state index in [4.69, 9.17) is 14.2 Å². The molecular formula is C18H20O4. The van der Waals surface area contributed by atoms with Gasteiger partial charge in [-0.2, -0.15) is 0 Å². The second-order valence-corrected chi connectivity index (χ2v) is 4.85. The molecule has 0 radical (unpaired) electrons. The highest BCUT2D eigenvalue weighted by Gasteiger charge is 2.23. The maximum Gasteiger partial charge on any atom is 0.313 e. The molecule has 0 aliphatic heterocycles. The highest BCUT2D eigenvalue weighted by atomic mass is 16.7. The molecule has 22 heavy (non-hydrogen) atoms. The second kappa shape index (κ2) is 8.20. The number of carbonyl (C=O) groups is 1. The molecule has 0 aliphatic carbocycles. The number of esters is 1. The Bertz CT molecular complexity index is 595. The van der Waals surface area contributed by atoms with Crippen LogP contribution in [0.15, 0.2) is 54.6 Å². The summed E-state index contributed by atoms with van der Waals surface area (Å²) in [6.45, 7) is 0.172.